The van der Waals surface area contributed by atoms with E-state index in [0.717, 1.165) is 9.56 Å². The number of pyridine rings is 1. The Balaban J connectivity index is 1.58. The van der Waals surface area contributed by atoms with Crippen molar-refractivity contribution in [2.75, 3.05) is 12.4 Å². The van der Waals surface area contributed by atoms with Crippen LogP contribution in [0.4, 0.5) is 5.82 Å². The summed E-state index contributed by atoms with van der Waals surface area (Å²) in [6, 6.07) is 13.2. The molecular formula is C28H24ClN5O6S. The van der Waals surface area contributed by atoms with Gasteiger partial charge in [0.1, 0.15) is 17.8 Å². The van der Waals surface area contributed by atoms with Crippen molar-refractivity contribution in [3.63, 3.8) is 0 Å². The van der Waals surface area contributed by atoms with Crippen LogP contribution < -0.4 is 10.9 Å². The maximum absolute atomic E-state index is 13.6. The van der Waals surface area contributed by atoms with Gasteiger partial charge in [-0.25, -0.2) is 9.78 Å². The number of nitrogens with one attached hydrogen (secondary N) is 1. The van der Waals surface area contributed by atoms with Crippen LogP contribution in [0.3, 0.4) is 0 Å². The first kappa shape index (κ1) is 28.0. The minimum Gasteiger partial charge on any atom is -0.465 e. The number of carbonyl (C=O) groups is 2. The summed E-state index contributed by atoms with van der Waals surface area (Å²) in [5, 5.41) is 17.2. The monoisotopic (exact) mass is 593 g/mol. The number of benzene rings is 1. The first-order valence-corrected chi connectivity index (χ1v) is 13.6. The van der Waals surface area contributed by atoms with Crippen LogP contribution in [0.15, 0.2) is 76.6 Å². The minimum absolute atomic E-state index is 0.103. The fourth-order valence-electron chi connectivity index (χ4n) is 4.15. The molecule has 0 atom stereocenters. The number of thiophene rings is 1. The number of ether oxygens (including phenoxy) is 1. The quantitative estimate of drug-likeness (QED) is 0.227. The molecule has 4 heterocycles. The second-order valence-electron chi connectivity index (χ2n) is 8.91. The molecule has 2 N–H and O–H groups in total. The van der Waals surface area contributed by atoms with Crippen molar-refractivity contribution >= 4 is 40.6 Å². The number of hydrogen-bond acceptors (Lipinski definition) is 10. The van der Waals surface area contributed by atoms with Crippen LogP contribution in [0.2, 0.25) is 4.34 Å². The predicted molar refractivity (Wildman–Crippen MR) is 152 cm³/mol. The first-order chi connectivity index (χ1) is 19.9. The van der Waals surface area contributed by atoms with E-state index in [0.29, 0.717) is 39.9 Å². The van der Waals surface area contributed by atoms with E-state index in [1.165, 1.54) is 47.9 Å². The SMILES string of the molecule is COC(=O)c1cc(-c2cc(NCc3ccc(Cl)s3)n(C(=O)c3cccc(CO)c3)n2)c(=O)n(CCc2cocn2)c1. The van der Waals surface area contributed by atoms with Crippen LogP contribution >= 0.6 is 22.9 Å². The molecule has 0 bridgehead atoms. The summed E-state index contributed by atoms with van der Waals surface area (Å²) in [6.45, 7) is 0.321. The fraction of sp³-hybridized carbons (Fsp3) is 0.179. The van der Waals surface area contributed by atoms with Gasteiger partial charge in [-0.1, -0.05) is 23.7 Å². The van der Waals surface area contributed by atoms with Gasteiger partial charge in [0.2, 0.25) is 0 Å². The lowest BCUT2D eigenvalue weighted by Crippen LogP contribution is -2.24. The minimum atomic E-state index is -0.634. The number of anilines is 1. The lowest BCUT2D eigenvalue weighted by molar-refractivity contribution is 0.0599. The van der Waals surface area contributed by atoms with E-state index < -0.39 is 17.4 Å². The van der Waals surface area contributed by atoms with Crippen molar-refractivity contribution in [2.24, 2.45) is 0 Å². The number of aliphatic hydroxyl groups is 1. The molecule has 0 radical (unpaired) electrons. The maximum atomic E-state index is 13.6. The van der Waals surface area contributed by atoms with Gasteiger partial charge in [0.25, 0.3) is 11.5 Å². The van der Waals surface area contributed by atoms with Crippen LogP contribution in [0.25, 0.3) is 11.3 Å². The van der Waals surface area contributed by atoms with Crippen molar-refractivity contribution in [3.05, 3.63) is 109 Å². The fourth-order valence-corrected chi connectivity index (χ4v) is 5.18. The molecule has 210 valence electrons. The van der Waals surface area contributed by atoms with Crippen LogP contribution in [-0.2, 0) is 30.9 Å². The van der Waals surface area contributed by atoms with Gasteiger partial charge in [0.05, 0.1) is 41.4 Å². The number of carbonyl (C=O) groups excluding carboxylic acids is 2. The molecule has 0 saturated carbocycles. The molecule has 5 aromatic rings. The zero-order chi connectivity index (χ0) is 28.9. The number of methoxy groups -OCH3 is 1. The third-order valence-corrected chi connectivity index (χ3v) is 7.44. The Labute approximate surface area is 242 Å². The molecule has 41 heavy (non-hydrogen) atoms. The van der Waals surface area contributed by atoms with Crippen LogP contribution in [0.1, 0.15) is 36.9 Å². The lowest BCUT2D eigenvalue weighted by Gasteiger charge is -2.09. The number of esters is 1. The summed E-state index contributed by atoms with van der Waals surface area (Å²) in [4.78, 5) is 44.7. The van der Waals surface area contributed by atoms with E-state index in [9.17, 15) is 19.5 Å². The number of aliphatic hydroxyl groups excluding tert-OH is 1. The van der Waals surface area contributed by atoms with Gasteiger partial charge in [-0.05, 0) is 35.9 Å². The van der Waals surface area contributed by atoms with E-state index in [2.05, 4.69) is 15.4 Å². The molecule has 0 aliphatic rings. The molecule has 0 amide bonds. The number of rotatable bonds is 10. The van der Waals surface area contributed by atoms with Crippen molar-refractivity contribution in [1.82, 2.24) is 19.3 Å². The summed E-state index contributed by atoms with van der Waals surface area (Å²) >= 11 is 7.46. The average Bonchev–Trinajstić information content (AvgIpc) is 3.76. The highest BCUT2D eigenvalue weighted by molar-refractivity contribution is 7.16. The molecule has 0 aliphatic heterocycles. The van der Waals surface area contributed by atoms with Gasteiger partial charge in [0.15, 0.2) is 6.39 Å². The molecule has 0 spiro atoms. The van der Waals surface area contributed by atoms with Crippen LogP contribution in [0, 0.1) is 0 Å². The summed E-state index contributed by atoms with van der Waals surface area (Å²) in [5.41, 5.74) is 1.49. The van der Waals surface area contributed by atoms with Crippen molar-refractivity contribution < 1.29 is 23.8 Å². The summed E-state index contributed by atoms with van der Waals surface area (Å²) in [5.74, 6) is -0.791. The van der Waals surface area contributed by atoms with Gasteiger partial charge in [-0.2, -0.15) is 9.78 Å². The Hall–Kier alpha value is -4.52. The van der Waals surface area contributed by atoms with E-state index in [-0.39, 0.29) is 30.0 Å². The van der Waals surface area contributed by atoms with Crippen LogP contribution in [-0.4, -0.2) is 43.4 Å². The highest BCUT2D eigenvalue weighted by Crippen LogP contribution is 2.25. The van der Waals surface area contributed by atoms with Crippen molar-refractivity contribution in [3.8, 4) is 11.3 Å². The Bertz CT molecular complexity index is 1760. The average molecular weight is 594 g/mol. The zero-order valence-electron chi connectivity index (χ0n) is 21.7. The Morgan fingerprint density at radius 1 is 1.17 bits per heavy atom. The van der Waals surface area contributed by atoms with Gasteiger partial charge in [-0.3, -0.25) is 9.59 Å². The molecule has 13 heteroatoms. The van der Waals surface area contributed by atoms with Gasteiger partial charge >= 0.3 is 5.97 Å². The predicted octanol–water partition coefficient (Wildman–Crippen LogP) is 4.24. The zero-order valence-corrected chi connectivity index (χ0v) is 23.3. The standard InChI is InChI=1S/C28H24ClN5O6S/c1-39-28(38)19-10-22(27(37)33(13-19)8-7-20-15-40-16-31-20)23-11-25(30-12-21-5-6-24(29)41-21)34(32-23)26(36)18-4-2-3-17(9-18)14-35/h2-6,9-11,13,15-16,30,35H,7-8,12,14H2,1H3. The second kappa shape index (κ2) is 12.3. The van der Waals surface area contributed by atoms with E-state index in [1.54, 1.807) is 36.4 Å². The molecule has 0 unspecified atom stereocenters. The number of nitrogens with zero attached hydrogens (tertiary/aromatic N) is 4. The lowest BCUT2D eigenvalue weighted by atomic mass is 10.1. The Kier molecular flexibility index (Phi) is 8.43. The van der Waals surface area contributed by atoms with E-state index in [1.807, 2.05) is 6.07 Å². The normalized spacial score (nSPS) is 11.0. The highest BCUT2D eigenvalue weighted by atomic mass is 35.5. The van der Waals surface area contributed by atoms with E-state index in [4.69, 9.17) is 20.8 Å². The van der Waals surface area contributed by atoms with Gasteiger partial charge < -0.3 is 24.1 Å². The van der Waals surface area contributed by atoms with E-state index >= 15 is 0 Å². The summed E-state index contributed by atoms with van der Waals surface area (Å²) in [7, 11) is 1.25. The topological polar surface area (TPSA) is 141 Å². The molecule has 0 fully saturated rings. The molecule has 0 aliphatic carbocycles. The smallest absolute Gasteiger partial charge is 0.339 e. The van der Waals surface area contributed by atoms with Crippen molar-refractivity contribution in [1.29, 1.82) is 0 Å². The first-order valence-electron chi connectivity index (χ1n) is 12.4. The number of halogens is 1. The number of hydrogen-bond donors (Lipinski definition) is 2. The Morgan fingerprint density at radius 3 is 2.73 bits per heavy atom. The second-order valence-corrected chi connectivity index (χ2v) is 10.7. The number of aromatic nitrogens is 4. The van der Waals surface area contributed by atoms with Gasteiger partial charge in [-0.15, -0.1) is 11.3 Å². The molecule has 1 aromatic carbocycles. The van der Waals surface area contributed by atoms with Gasteiger partial charge in [0, 0.05) is 35.7 Å². The molecule has 5 rings (SSSR count). The molecule has 0 saturated heterocycles. The van der Waals surface area contributed by atoms with Crippen LogP contribution in [0.5, 0.6) is 0 Å². The summed E-state index contributed by atoms with van der Waals surface area (Å²) in [6.07, 6.45) is 4.58. The third kappa shape index (κ3) is 6.30. The number of oxazole rings is 1. The molecular weight excluding hydrogens is 570 g/mol. The maximum Gasteiger partial charge on any atom is 0.339 e. The highest BCUT2D eigenvalue weighted by Gasteiger charge is 2.22. The summed E-state index contributed by atoms with van der Waals surface area (Å²) < 4.78 is 13.1. The number of aryl methyl sites for hydroxylation is 2. The molecule has 4 aromatic heterocycles. The largest absolute Gasteiger partial charge is 0.465 e. The third-order valence-electron chi connectivity index (χ3n) is 6.21. The Morgan fingerprint density at radius 2 is 2.02 bits per heavy atom. The molecule has 11 nitrogen and oxygen atoms in total. The van der Waals surface area contributed by atoms with Crippen molar-refractivity contribution in [2.45, 2.75) is 26.1 Å².